The van der Waals surface area contributed by atoms with E-state index in [0.717, 1.165) is 5.56 Å². The van der Waals surface area contributed by atoms with Gasteiger partial charge in [0.2, 0.25) is 0 Å². The van der Waals surface area contributed by atoms with E-state index in [1.807, 2.05) is 30.3 Å². The summed E-state index contributed by atoms with van der Waals surface area (Å²) in [4.78, 5) is 24.0. The largest absolute Gasteiger partial charge is 0.444 e. The Morgan fingerprint density at radius 1 is 1.22 bits per heavy atom. The van der Waals surface area contributed by atoms with Crippen molar-refractivity contribution in [1.82, 2.24) is 5.32 Å². The van der Waals surface area contributed by atoms with Gasteiger partial charge in [-0.05, 0) is 39.2 Å². The van der Waals surface area contributed by atoms with E-state index in [-0.39, 0.29) is 18.6 Å². The topological polar surface area (TPSA) is 81.4 Å². The van der Waals surface area contributed by atoms with Crippen molar-refractivity contribution < 1.29 is 14.3 Å². The number of benzene rings is 1. The Kier molecular flexibility index (Phi) is 6.76. The van der Waals surface area contributed by atoms with Crippen molar-refractivity contribution >= 4 is 11.9 Å². The molecule has 0 heterocycles. The van der Waals surface area contributed by atoms with E-state index >= 15 is 0 Å². The van der Waals surface area contributed by atoms with Crippen LogP contribution in [0.2, 0.25) is 0 Å². The van der Waals surface area contributed by atoms with E-state index in [2.05, 4.69) is 12.2 Å². The molecule has 0 fully saturated rings. The lowest BCUT2D eigenvalue weighted by Gasteiger charge is -2.27. The van der Waals surface area contributed by atoms with Gasteiger partial charge >= 0.3 is 6.09 Å². The maximum Gasteiger partial charge on any atom is 0.407 e. The summed E-state index contributed by atoms with van der Waals surface area (Å²) in [6, 6.07) is 9.25. The van der Waals surface area contributed by atoms with Crippen molar-refractivity contribution in [2.75, 3.05) is 6.54 Å². The molecule has 5 nitrogen and oxygen atoms in total. The summed E-state index contributed by atoms with van der Waals surface area (Å²) >= 11 is 0. The third kappa shape index (κ3) is 6.02. The number of nitrogens with two attached hydrogens (primary N) is 1. The van der Waals surface area contributed by atoms with Crippen LogP contribution in [0.15, 0.2) is 30.3 Å². The number of Topliss-reactive ketones (excluding diaryl/α,β-unsaturated/α-hetero) is 1. The third-order valence-corrected chi connectivity index (χ3v) is 3.43. The smallest absolute Gasteiger partial charge is 0.407 e. The minimum Gasteiger partial charge on any atom is -0.444 e. The van der Waals surface area contributed by atoms with Crippen LogP contribution in [0, 0.1) is 6.92 Å². The Morgan fingerprint density at radius 2 is 1.83 bits per heavy atom. The zero-order valence-corrected chi connectivity index (χ0v) is 14.2. The van der Waals surface area contributed by atoms with Crippen LogP contribution in [0.25, 0.3) is 0 Å². The molecule has 0 aliphatic carbocycles. The average molecular weight is 319 g/mol. The van der Waals surface area contributed by atoms with Crippen LogP contribution in [-0.2, 0) is 15.1 Å². The number of ether oxygens (including phenoxy) is 1. The Labute approximate surface area is 138 Å². The second-order valence-electron chi connectivity index (χ2n) is 6.54. The molecule has 0 aliphatic heterocycles. The first-order valence-corrected chi connectivity index (χ1v) is 7.83. The van der Waals surface area contributed by atoms with E-state index in [1.165, 1.54) is 0 Å². The van der Waals surface area contributed by atoms with Gasteiger partial charge in [-0.15, -0.1) is 0 Å². The molecule has 127 valence electrons. The maximum absolute atomic E-state index is 12.5. The summed E-state index contributed by atoms with van der Waals surface area (Å²) in [5.41, 5.74) is 5.42. The molecule has 0 saturated heterocycles. The molecule has 0 aliphatic rings. The molecule has 1 rings (SSSR count). The van der Waals surface area contributed by atoms with Crippen LogP contribution in [0.1, 0.15) is 45.6 Å². The highest BCUT2D eigenvalue weighted by Gasteiger charge is 2.32. The highest BCUT2D eigenvalue weighted by Crippen LogP contribution is 2.24. The van der Waals surface area contributed by atoms with Gasteiger partial charge in [0.25, 0.3) is 0 Å². The minimum atomic E-state index is -1.08. The van der Waals surface area contributed by atoms with Crippen LogP contribution < -0.4 is 11.1 Å². The summed E-state index contributed by atoms with van der Waals surface area (Å²) in [6.45, 7) is 9.58. The van der Waals surface area contributed by atoms with Crippen LogP contribution in [0.5, 0.6) is 0 Å². The van der Waals surface area contributed by atoms with Crippen molar-refractivity contribution in [2.45, 2.75) is 51.2 Å². The van der Waals surface area contributed by atoms with E-state index < -0.39 is 17.2 Å². The molecule has 0 saturated carbocycles. The molecule has 1 amide bonds. The fraction of sp³-hybridized carbons (Fsp3) is 0.500. The Balaban J connectivity index is 2.48. The number of carbonyl (C=O) groups is 2. The molecule has 0 bridgehead atoms. The van der Waals surface area contributed by atoms with E-state index in [1.54, 1.807) is 20.8 Å². The van der Waals surface area contributed by atoms with Gasteiger partial charge in [0.15, 0.2) is 5.78 Å². The maximum atomic E-state index is 12.5. The van der Waals surface area contributed by atoms with Gasteiger partial charge in [0.1, 0.15) is 11.1 Å². The summed E-state index contributed by atoms with van der Waals surface area (Å²) < 4.78 is 5.13. The van der Waals surface area contributed by atoms with Gasteiger partial charge in [0.05, 0.1) is 0 Å². The average Bonchev–Trinajstić information content (AvgIpc) is 2.49. The van der Waals surface area contributed by atoms with E-state index in [9.17, 15) is 9.59 Å². The van der Waals surface area contributed by atoms with Crippen LogP contribution in [0.3, 0.4) is 0 Å². The molecular formula is C18H27N2O3. The number of hydrogen-bond acceptors (Lipinski definition) is 4. The first kappa shape index (κ1) is 19.2. The molecule has 23 heavy (non-hydrogen) atoms. The Hall–Kier alpha value is -1.88. The summed E-state index contributed by atoms with van der Waals surface area (Å²) in [7, 11) is 0. The molecule has 1 aromatic carbocycles. The summed E-state index contributed by atoms with van der Waals surface area (Å²) in [6.07, 6.45) is 0.583. The second kappa shape index (κ2) is 8.11. The fourth-order valence-electron chi connectivity index (χ4n) is 2.16. The first-order chi connectivity index (χ1) is 10.7. The molecular weight excluding hydrogens is 292 g/mol. The second-order valence-corrected chi connectivity index (χ2v) is 6.54. The molecule has 5 heteroatoms. The van der Waals surface area contributed by atoms with E-state index in [4.69, 9.17) is 10.5 Å². The highest BCUT2D eigenvalue weighted by molar-refractivity contribution is 5.89. The van der Waals surface area contributed by atoms with Crippen LogP contribution >= 0.6 is 0 Å². The van der Waals surface area contributed by atoms with Gasteiger partial charge in [-0.2, -0.15) is 0 Å². The van der Waals surface area contributed by atoms with Crippen molar-refractivity contribution in [3.05, 3.63) is 42.8 Å². The molecule has 0 spiro atoms. The predicted octanol–water partition coefficient (Wildman–Crippen LogP) is 2.94. The normalized spacial score (nSPS) is 14.0. The molecule has 1 aromatic rings. The summed E-state index contributed by atoms with van der Waals surface area (Å²) in [5, 5.41) is 2.63. The lowest BCUT2D eigenvalue weighted by atomic mass is 9.82. The molecule has 3 N–H and O–H groups in total. The van der Waals surface area contributed by atoms with Gasteiger partial charge in [-0.25, -0.2) is 4.79 Å². The predicted molar refractivity (Wildman–Crippen MR) is 90.8 cm³/mol. The van der Waals surface area contributed by atoms with Gasteiger partial charge in [0, 0.05) is 13.0 Å². The Bertz CT molecular complexity index is 523. The Morgan fingerprint density at radius 3 is 2.35 bits per heavy atom. The number of nitrogens with one attached hydrogen (secondary N) is 1. The number of rotatable bonds is 7. The van der Waals surface area contributed by atoms with Crippen molar-refractivity contribution in [3.63, 3.8) is 0 Å². The number of hydrogen-bond donors (Lipinski definition) is 2. The summed E-state index contributed by atoms with van der Waals surface area (Å²) in [5.74, 6) is -0.0790. The van der Waals surface area contributed by atoms with Gasteiger partial charge < -0.3 is 15.8 Å². The molecule has 1 unspecified atom stereocenters. The standard InChI is InChI=1S/C18H27N2O3/c1-5-18(19,14-10-7-6-8-11-14)15(21)12-9-13-20-16(22)23-17(2,3)4/h6-8,10-11H,1,5,9,12-13,19H2,2-4H3,(H,20,22). The monoisotopic (exact) mass is 319 g/mol. The quantitative estimate of drug-likeness (QED) is 0.757. The molecule has 1 radical (unpaired) electrons. The van der Waals surface area contributed by atoms with E-state index in [0.29, 0.717) is 13.0 Å². The SMILES string of the molecule is [CH2]CC(N)(C(=O)CCCNC(=O)OC(C)(C)C)c1ccccc1. The first-order valence-electron chi connectivity index (χ1n) is 7.83. The molecule has 0 aromatic heterocycles. The number of alkyl carbamates (subject to hydrolysis) is 1. The highest BCUT2D eigenvalue weighted by atomic mass is 16.6. The van der Waals surface area contributed by atoms with Crippen LogP contribution in [-0.4, -0.2) is 24.0 Å². The van der Waals surface area contributed by atoms with Gasteiger partial charge in [-0.3, -0.25) is 4.79 Å². The lowest BCUT2D eigenvalue weighted by molar-refractivity contribution is -0.124. The van der Waals surface area contributed by atoms with Crippen LogP contribution in [0.4, 0.5) is 4.79 Å². The molecule has 1 atom stereocenters. The number of carbonyl (C=O) groups excluding carboxylic acids is 2. The minimum absolute atomic E-state index is 0.0790. The zero-order valence-electron chi connectivity index (χ0n) is 14.2. The van der Waals surface area contributed by atoms with Crippen molar-refractivity contribution in [1.29, 1.82) is 0 Å². The number of amides is 1. The third-order valence-electron chi connectivity index (χ3n) is 3.43. The van der Waals surface area contributed by atoms with Gasteiger partial charge in [-0.1, -0.05) is 37.3 Å². The fourth-order valence-corrected chi connectivity index (χ4v) is 2.16. The lowest BCUT2D eigenvalue weighted by Crippen LogP contribution is -2.44. The van der Waals surface area contributed by atoms with Crippen molar-refractivity contribution in [2.24, 2.45) is 5.73 Å². The zero-order chi connectivity index (χ0) is 17.5. The number of ketones is 1. The van der Waals surface area contributed by atoms with Crippen molar-refractivity contribution in [3.8, 4) is 0 Å².